The van der Waals surface area contributed by atoms with E-state index in [1.807, 2.05) is 13.0 Å². The molecule has 3 N–H and O–H groups in total. The first-order valence-corrected chi connectivity index (χ1v) is 6.31. The predicted molar refractivity (Wildman–Crippen MR) is 68.2 cm³/mol. The molecule has 0 radical (unpaired) electrons. The maximum Gasteiger partial charge on any atom is 0.337 e. The predicted octanol–water partition coefficient (Wildman–Crippen LogP) is 3.17. The number of nitrogens with two attached hydrogens (primary N) is 1. The molecule has 3 nitrogen and oxygen atoms in total. The molecule has 0 unspecified atom stereocenters. The first-order chi connectivity index (χ1) is 7.56. The smallest absolute Gasteiger partial charge is 0.337 e. The van der Waals surface area contributed by atoms with Gasteiger partial charge in [0.1, 0.15) is 0 Å². The Bertz CT molecular complexity index is 391. The Morgan fingerprint density at radius 2 is 2.19 bits per heavy atom. The number of carbonyl (C=O) groups is 1. The van der Waals surface area contributed by atoms with Crippen LogP contribution in [0.15, 0.2) is 17.0 Å². The van der Waals surface area contributed by atoms with Gasteiger partial charge in [-0.25, -0.2) is 4.79 Å². The third kappa shape index (κ3) is 3.17. The number of anilines is 1. The maximum atomic E-state index is 11.0. The van der Waals surface area contributed by atoms with Crippen molar-refractivity contribution < 1.29 is 9.90 Å². The standard InChI is InChI=1S/C12H17NO2S/c1-3-4-5-16-9-6-8(2)11(13)10(7-9)12(14)15/h6-7H,3-5,13H2,1-2H3,(H,14,15). The molecular formula is C12H17NO2S. The second-order valence-electron chi connectivity index (χ2n) is 3.71. The Hall–Kier alpha value is -1.16. The summed E-state index contributed by atoms with van der Waals surface area (Å²) < 4.78 is 0. The number of hydrogen-bond donors (Lipinski definition) is 2. The van der Waals surface area contributed by atoms with Crippen LogP contribution in [0.4, 0.5) is 5.69 Å². The quantitative estimate of drug-likeness (QED) is 0.470. The molecule has 16 heavy (non-hydrogen) atoms. The monoisotopic (exact) mass is 239 g/mol. The van der Waals surface area contributed by atoms with Gasteiger partial charge in [-0.15, -0.1) is 11.8 Å². The molecule has 0 amide bonds. The lowest BCUT2D eigenvalue weighted by atomic mass is 10.1. The van der Waals surface area contributed by atoms with Gasteiger partial charge in [-0.2, -0.15) is 0 Å². The van der Waals surface area contributed by atoms with Gasteiger partial charge in [-0.1, -0.05) is 13.3 Å². The number of carboxylic acids is 1. The molecular weight excluding hydrogens is 222 g/mol. The van der Waals surface area contributed by atoms with Crippen LogP contribution in [0.25, 0.3) is 0 Å². The summed E-state index contributed by atoms with van der Waals surface area (Å²) in [4.78, 5) is 12.0. The SMILES string of the molecule is CCCCSc1cc(C)c(N)c(C(=O)O)c1. The summed E-state index contributed by atoms with van der Waals surface area (Å²) in [5.41, 5.74) is 7.12. The minimum atomic E-state index is -0.960. The molecule has 0 saturated heterocycles. The Morgan fingerprint density at radius 1 is 1.50 bits per heavy atom. The van der Waals surface area contributed by atoms with Crippen LogP contribution < -0.4 is 5.73 Å². The van der Waals surface area contributed by atoms with Crippen molar-refractivity contribution in [2.75, 3.05) is 11.5 Å². The number of thioether (sulfide) groups is 1. The molecule has 0 aliphatic rings. The molecule has 1 aromatic rings. The molecule has 1 rings (SSSR count). The van der Waals surface area contributed by atoms with Gasteiger partial charge in [-0.3, -0.25) is 0 Å². The van der Waals surface area contributed by atoms with Gasteiger partial charge in [-0.05, 0) is 36.8 Å². The number of carboxylic acid groups (broad SMARTS) is 1. The van der Waals surface area contributed by atoms with Crippen LogP contribution in [-0.4, -0.2) is 16.8 Å². The van der Waals surface area contributed by atoms with E-state index in [4.69, 9.17) is 10.8 Å². The van der Waals surface area contributed by atoms with Crippen molar-refractivity contribution in [3.05, 3.63) is 23.3 Å². The zero-order valence-corrected chi connectivity index (χ0v) is 10.4. The van der Waals surface area contributed by atoms with E-state index < -0.39 is 5.97 Å². The van der Waals surface area contributed by atoms with Gasteiger partial charge in [0, 0.05) is 10.6 Å². The Morgan fingerprint density at radius 3 is 2.75 bits per heavy atom. The van der Waals surface area contributed by atoms with E-state index in [1.165, 1.54) is 0 Å². The van der Waals surface area contributed by atoms with Crippen LogP contribution in [0.2, 0.25) is 0 Å². The summed E-state index contributed by atoms with van der Waals surface area (Å²) in [7, 11) is 0. The average Bonchev–Trinajstić information content (AvgIpc) is 2.23. The van der Waals surface area contributed by atoms with Crippen LogP contribution in [0.5, 0.6) is 0 Å². The fourth-order valence-corrected chi connectivity index (χ4v) is 2.49. The van der Waals surface area contributed by atoms with E-state index in [-0.39, 0.29) is 5.56 Å². The Kier molecular flexibility index (Phi) is 4.68. The third-order valence-corrected chi connectivity index (χ3v) is 3.42. The largest absolute Gasteiger partial charge is 0.478 e. The van der Waals surface area contributed by atoms with Crippen LogP contribution in [0, 0.1) is 6.92 Å². The number of hydrogen-bond acceptors (Lipinski definition) is 3. The number of aryl methyl sites for hydroxylation is 1. The molecule has 0 heterocycles. The first-order valence-electron chi connectivity index (χ1n) is 5.32. The van der Waals surface area contributed by atoms with Gasteiger partial charge in [0.25, 0.3) is 0 Å². The highest BCUT2D eigenvalue weighted by molar-refractivity contribution is 7.99. The molecule has 1 aromatic carbocycles. The first kappa shape index (κ1) is 12.9. The van der Waals surface area contributed by atoms with Gasteiger partial charge < -0.3 is 10.8 Å². The fourth-order valence-electron chi connectivity index (χ4n) is 1.36. The van der Waals surface area contributed by atoms with Gasteiger partial charge in [0.15, 0.2) is 0 Å². The molecule has 0 aliphatic carbocycles. The number of unbranched alkanes of at least 4 members (excludes halogenated alkanes) is 1. The zero-order chi connectivity index (χ0) is 12.1. The van der Waals surface area contributed by atoms with Crippen molar-refractivity contribution in [2.45, 2.75) is 31.6 Å². The molecule has 0 fully saturated rings. The molecule has 0 aliphatic heterocycles. The zero-order valence-electron chi connectivity index (χ0n) is 9.62. The van der Waals surface area contributed by atoms with Crippen LogP contribution in [0.3, 0.4) is 0 Å². The summed E-state index contributed by atoms with van der Waals surface area (Å²) in [5, 5.41) is 9.00. The van der Waals surface area contributed by atoms with E-state index >= 15 is 0 Å². The molecule has 0 saturated carbocycles. The summed E-state index contributed by atoms with van der Waals surface area (Å²) in [5.74, 6) is 0.0531. The molecule has 4 heteroatoms. The van der Waals surface area contributed by atoms with E-state index in [0.29, 0.717) is 5.69 Å². The maximum absolute atomic E-state index is 11.0. The van der Waals surface area contributed by atoms with Crippen molar-refractivity contribution >= 4 is 23.4 Å². The van der Waals surface area contributed by atoms with Gasteiger partial charge in [0.2, 0.25) is 0 Å². The molecule has 0 atom stereocenters. The summed E-state index contributed by atoms with van der Waals surface area (Å²) in [6.45, 7) is 3.98. The summed E-state index contributed by atoms with van der Waals surface area (Å²) >= 11 is 1.68. The van der Waals surface area contributed by atoms with E-state index in [2.05, 4.69) is 6.92 Å². The lowest BCUT2D eigenvalue weighted by Gasteiger charge is -2.08. The van der Waals surface area contributed by atoms with Crippen molar-refractivity contribution in [3.63, 3.8) is 0 Å². The second-order valence-corrected chi connectivity index (χ2v) is 4.88. The number of benzene rings is 1. The average molecular weight is 239 g/mol. The molecule has 0 aromatic heterocycles. The van der Waals surface area contributed by atoms with Gasteiger partial charge in [0.05, 0.1) is 5.56 Å². The van der Waals surface area contributed by atoms with Crippen molar-refractivity contribution in [3.8, 4) is 0 Å². The van der Waals surface area contributed by atoms with Gasteiger partial charge >= 0.3 is 5.97 Å². The number of aromatic carboxylic acids is 1. The topological polar surface area (TPSA) is 63.3 Å². The molecule has 0 bridgehead atoms. The molecule has 88 valence electrons. The lowest BCUT2D eigenvalue weighted by molar-refractivity contribution is 0.0697. The van der Waals surface area contributed by atoms with Crippen LogP contribution >= 0.6 is 11.8 Å². The van der Waals surface area contributed by atoms with Crippen molar-refractivity contribution in [2.24, 2.45) is 0 Å². The minimum absolute atomic E-state index is 0.207. The van der Waals surface area contributed by atoms with E-state index in [0.717, 1.165) is 29.1 Å². The number of rotatable bonds is 5. The Balaban J connectivity index is 2.91. The van der Waals surface area contributed by atoms with Crippen molar-refractivity contribution in [1.82, 2.24) is 0 Å². The normalized spacial score (nSPS) is 10.4. The summed E-state index contributed by atoms with van der Waals surface area (Å²) in [6, 6.07) is 3.60. The number of nitrogen functional groups attached to an aromatic ring is 1. The lowest BCUT2D eigenvalue weighted by Crippen LogP contribution is -2.04. The van der Waals surface area contributed by atoms with E-state index in [1.54, 1.807) is 17.8 Å². The highest BCUT2D eigenvalue weighted by Crippen LogP contribution is 2.27. The van der Waals surface area contributed by atoms with Crippen molar-refractivity contribution in [1.29, 1.82) is 0 Å². The van der Waals surface area contributed by atoms with Crippen LogP contribution in [-0.2, 0) is 0 Å². The van der Waals surface area contributed by atoms with Crippen LogP contribution in [0.1, 0.15) is 35.7 Å². The third-order valence-electron chi connectivity index (χ3n) is 2.36. The minimum Gasteiger partial charge on any atom is -0.478 e. The Labute approximate surface area is 100 Å². The second kappa shape index (κ2) is 5.80. The summed E-state index contributed by atoms with van der Waals surface area (Å²) in [6.07, 6.45) is 2.28. The highest BCUT2D eigenvalue weighted by Gasteiger charge is 2.11. The highest BCUT2D eigenvalue weighted by atomic mass is 32.2. The fraction of sp³-hybridized carbons (Fsp3) is 0.417. The molecule has 0 spiro atoms. The van der Waals surface area contributed by atoms with E-state index in [9.17, 15) is 4.79 Å².